The average Bonchev–Trinajstić information content (AvgIpc) is 2.71. The second-order valence-electron chi connectivity index (χ2n) is 6.76. The van der Waals surface area contributed by atoms with E-state index in [4.69, 9.17) is 0 Å². The lowest BCUT2D eigenvalue weighted by molar-refractivity contribution is 0.182. The molecule has 1 atom stereocenters. The number of nitrogens with zero attached hydrogens (tertiary/aromatic N) is 4. The third kappa shape index (κ3) is 4.32. The number of aryl methyl sites for hydroxylation is 1. The molecule has 1 N–H and O–H groups in total. The van der Waals surface area contributed by atoms with Crippen LogP contribution in [0.3, 0.4) is 0 Å². The molecule has 2 heterocycles. The molecular formula is C19H25F2N5O. The van der Waals surface area contributed by atoms with E-state index >= 15 is 0 Å². The summed E-state index contributed by atoms with van der Waals surface area (Å²) in [7, 11) is 1.71. The number of piperidine rings is 1. The quantitative estimate of drug-likeness (QED) is 0.889. The van der Waals surface area contributed by atoms with Gasteiger partial charge in [0, 0.05) is 39.9 Å². The van der Waals surface area contributed by atoms with Crippen molar-refractivity contribution in [3.8, 4) is 0 Å². The van der Waals surface area contributed by atoms with E-state index in [2.05, 4.69) is 20.4 Å². The van der Waals surface area contributed by atoms with Crippen molar-refractivity contribution in [3.05, 3.63) is 53.2 Å². The van der Waals surface area contributed by atoms with Crippen LogP contribution >= 0.6 is 0 Å². The first-order chi connectivity index (χ1) is 13.0. The van der Waals surface area contributed by atoms with Crippen LogP contribution in [0, 0.1) is 18.6 Å². The molecule has 2 aromatic rings. The molecule has 1 aromatic heterocycles. The number of nitrogens with one attached hydrogen (secondary N) is 1. The molecule has 0 radical (unpaired) electrons. The molecule has 0 saturated carbocycles. The van der Waals surface area contributed by atoms with Gasteiger partial charge in [-0.15, -0.1) is 5.10 Å². The smallest absolute Gasteiger partial charge is 0.317 e. The molecule has 2 amide bonds. The summed E-state index contributed by atoms with van der Waals surface area (Å²) >= 11 is 0. The maximum absolute atomic E-state index is 13.9. The van der Waals surface area contributed by atoms with Crippen LogP contribution in [-0.4, -0.2) is 47.3 Å². The van der Waals surface area contributed by atoms with Gasteiger partial charge in [-0.1, -0.05) is 12.1 Å². The summed E-state index contributed by atoms with van der Waals surface area (Å²) in [5.41, 5.74) is 0.371. The highest BCUT2D eigenvalue weighted by Gasteiger charge is 2.27. The summed E-state index contributed by atoms with van der Waals surface area (Å²) in [6, 6.07) is 6.40. The summed E-state index contributed by atoms with van der Waals surface area (Å²) in [6.45, 7) is 2.95. The second-order valence-corrected chi connectivity index (χ2v) is 6.76. The number of hydrogen-bond acceptors (Lipinski definition) is 4. The standard InChI is InChI=1S/C19H23F2N5O.H2/c1-13-7-8-14(18(21)17(13)20)11-22-19(27)25(2)15-5-4-10-26(12-15)16-6-3-9-23-24-16;/h3,6-9,15H,4-5,10-12H2,1-2H3,(H,22,27);1H/t15-;/m1./s1. The molecule has 0 bridgehead atoms. The molecule has 146 valence electrons. The van der Waals surface area contributed by atoms with Gasteiger partial charge in [0.2, 0.25) is 0 Å². The van der Waals surface area contributed by atoms with Crippen molar-refractivity contribution in [3.63, 3.8) is 0 Å². The Kier molecular flexibility index (Phi) is 5.83. The van der Waals surface area contributed by atoms with Crippen molar-refractivity contribution in [1.82, 2.24) is 20.4 Å². The van der Waals surface area contributed by atoms with Gasteiger partial charge in [0.05, 0.1) is 6.04 Å². The van der Waals surface area contributed by atoms with Crippen LogP contribution in [0.2, 0.25) is 0 Å². The summed E-state index contributed by atoms with van der Waals surface area (Å²) in [5, 5.41) is 10.7. The van der Waals surface area contributed by atoms with Crippen molar-refractivity contribution in [2.45, 2.75) is 32.4 Å². The number of aromatic nitrogens is 2. The van der Waals surface area contributed by atoms with Crippen molar-refractivity contribution < 1.29 is 15.0 Å². The lowest BCUT2D eigenvalue weighted by Crippen LogP contribution is -2.51. The van der Waals surface area contributed by atoms with Crippen LogP contribution in [0.1, 0.15) is 25.4 Å². The fraction of sp³-hybridized carbons (Fsp3) is 0.421. The van der Waals surface area contributed by atoms with Gasteiger partial charge >= 0.3 is 6.03 Å². The highest BCUT2D eigenvalue weighted by molar-refractivity contribution is 5.74. The zero-order chi connectivity index (χ0) is 19.4. The van der Waals surface area contributed by atoms with E-state index in [1.165, 1.54) is 19.1 Å². The van der Waals surface area contributed by atoms with Crippen LogP contribution in [0.25, 0.3) is 0 Å². The molecule has 8 heteroatoms. The van der Waals surface area contributed by atoms with E-state index in [-0.39, 0.29) is 31.2 Å². The number of rotatable bonds is 4. The number of carbonyl (C=O) groups is 1. The second kappa shape index (κ2) is 8.28. The van der Waals surface area contributed by atoms with Crippen molar-refractivity contribution >= 4 is 11.8 Å². The molecule has 1 aliphatic rings. The molecule has 3 rings (SSSR count). The molecule has 1 aliphatic heterocycles. The number of halogens is 2. The fourth-order valence-corrected chi connectivity index (χ4v) is 3.22. The third-order valence-corrected chi connectivity index (χ3v) is 4.93. The summed E-state index contributed by atoms with van der Waals surface area (Å²) < 4.78 is 27.6. The Morgan fingerprint density at radius 1 is 1.37 bits per heavy atom. The Balaban J connectivity index is 0.00000280. The largest absolute Gasteiger partial charge is 0.353 e. The number of amides is 2. The molecule has 1 fully saturated rings. The topological polar surface area (TPSA) is 61.4 Å². The maximum Gasteiger partial charge on any atom is 0.317 e. The van der Waals surface area contributed by atoms with Crippen LogP contribution in [0.5, 0.6) is 0 Å². The van der Waals surface area contributed by atoms with E-state index in [1.807, 2.05) is 12.1 Å². The van der Waals surface area contributed by atoms with Crippen LogP contribution in [0.15, 0.2) is 30.5 Å². The molecule has 6 nitrogen and oxygen atoms in total. The molecule has 0 aliphatic carbocycles. The van der Waals surface area contributed by atoms with Gasteiger partial charge in [-0.05, 0) is 37.5 Å². The van der Waals surface area contributed by atoms with Gasteiger partial charge in [-0.2, -0.15) is 5.10 Å². The van der Waals surface area contributed by atoms with Crippen molar-refractivity contribution in [1.29, 1.82) is 0 Å². The van der Waals surface area contributed by atoms with Crippen molar-refractivity contribution in [2.24, 2.45) is 0 Å². The van der Waals surface area contributed by atoms with Gasteiger partial charge in [-0.25, -0.2) is 13.6 Å². The van der Waals surface area contributed by atoms with Gasteiger partial charge in [0.25, 0.3) is 0 Å². The van der Waals surface area contributed by atoms with E-state index in [9.17, 15) is 13.6 Å². The predicted octanol–water partition coefficient (Wildman–Crippen LogP) is 3.12. The number of carbonyl (C=O) groups excluding carboxylic acids is 1. The number of urea groups is 1. The first-order valence-corrected chi connectivity index (χ1v) is 8.94. The fourth-order valence-electron chi connectivity index (χ4n) is 3.22. The van der Waals surface area contributed by atoms with E-state index in [0.29, 0.717) is 6.54 Å². The van der Waals surface area contributed by atoms with Gasteiger partial charge in [-0.3, -0.25) is 0 Å². The zero-order valence-corrected chi connectivity index (χ0v) is 15.5. The van der Waals surface area contributed by atoms with Gasteiger partial charge < -0.3 is 15.1 Å². The minimum atomic E-state index is -0.913. The van der Waals surface area contributed by atoms with E-state index in [0.717, 1.165) is 25.2 Å². The van der Waals surface area contributed by atoms with Crippen LogP contribution in [-0.2, 0) is 6.54 Å². The highest BCUT2D eigenvalue weighted by Crippen LogP contribution is 2.20. The highest BCUT2D eigenvalue weighted by atomic mass is 19.2. The lowest BCUT2D eigenvalue weighted by Gasteiger charge is -2.37. The van der Waals surface area contributed by atoms with Crippen LogP contribution in [0.4, 0.5) is 19.4 Å². The van der Waals surface area contributed by atoms with Crippen molar-refractivity contribution in [2.75, 3.05) is 25.0 Å². The molecule has 27 heavy (non-hydrogen) atoms. The summed E-state index contributed by atoms with van der Waals surface area (Å²) in [5.74, 6) is -1.00. The number of likely N-dealkylation sites (N-methyl/N-ethyl adjacent to an activating group) is 1. The summed E-state index contributed by atoms with van der Waals surface area (Å²) in [6.07, 6.45) is 3.42. The Bertz CT molecular complexity index is 808. The molecular weight excluding hydrogens is 352 g/mol. The zero-order valence-electron chi connectivity index (χ0n) is 15.5. The monoisotopic (exact) mass is 377 g/mol. The summed E-state index contributed by atoms with van der Waals surface area (Å²) in [4.78, 5) is 16.2. The Hall–Kier alpha value is -2.77. The van der Waals surface area contributed by atoms with Gasteiger partial charge in [0.15, 0.2) is 17.5 Å². The minimum absolute atomic E-state index is 0. The SMILES string of the molecule is Cc1ccc(CNC(=O)N(C)[C@@H]2CCCN(c3cccnn3)C2)c(F)c1F.[HH]. The third-order valence-electron chi connectivity index (χ3n) is 4.93. The number of hydrogen-bond donors (Lipinski definition) is 1. The van der Waals surface area contributed by atoms with Gasteiger partial charge in [0.1, 0.15) is 0 Å². The molecule has 1 saturated heterocycles. The Labute approximate surface area is 158 Å². The molecule has 0 spiro atoms. The predicted molar refractivity (Wildman–Crippen MR) is 100 cm³/mol. The first kappa shape index (κ1) is 19.0. The van der Waals surface area contributed by atoms with Crippen LogP contribution < -0.4 is 10.2 Å². The average molecular weight is 377 g/mol. The normalized spacial score (nSPS) is 16.9. The lowest BCUT2D eigenvalue weighted by atomic mass is 10.0. The molecule has 0 unspecified atom stereocenters. The first-order valence-electron chi connectivity index (χ1n) is 8.94. The molecule has 1 aromatic carbocycles. The number of benzene rings is 1. The van der Waals surface area contributed by atoms with E-state index < -0.39 is 11.6 Å². The minimum Gasteiger partial charge on any atom is -0.353 e. The number of anilines is 1. The van der Waals surface area contributed by atoms with E-state index in [1.54, 1.807) is 18.1 Å². The Morgan fingerprint density at radius 3 is 2.93 bits per heavy atom. The maximum atomic E-state index is 13.9. The Morgan fingerprint density at radius 2 is 2.19 bits per heavy atom.